The topological polar surface area (TPSA) is 79.6 Å². The van der Waals surface area contributed by atoms with Gasteiger partial charge in [-0.25, -0.2) is 8.42 Å². The highest BCUT2D eigenvalue weighted by Gasteiger charge is 2.40. The number of nitriles is 1. The fourth-order valence-electron chi connectivity index (χ4n) is 2.96. The lowest BCUT2D eigenvalue weighted by molar-refractivity contribution is -0.0913. The smallest absolute Gasteiger partial charge is 0.243 e. The van der Waals surface area contributed by atoms with Crippen LogP contribution in [0, 0.1) is 11.3 Å². The summed E-state index contributed by atoms with van der Waals surface area (Å²) < 4.78 is 38.4. The molecule has 0 spiro atoms. The Kier molecular flexibility index (Phi) is 4.45. The molecule has 2 aliphatic heterocycles. The van der Waals surface area contributed by atoms with Crippen LogP contribution in [0.1, 0.15) is 24.8 Å². The summed E-state index contributed by atoms with van der Waals surface area (Å²) in [7, 11) is -3.66. The van der Waals surface area contributed by atoms with Crippen molar-refractivity contribution in [3.05, 3.63) is 29.8 Å². The molecule has 118 valence electrons. The second-order valence-corrected chi connectivity index (χ2v) is 7.32. The fourth-order valence-corrected chi connectivity index (χ4v) is 4.69. The molecule has 2 aliphatic rings. The first-order chi connectivity index (χ1) is 10.6. The van der Waals surface area contributed by atoms with Crippen LogP contribution in [-0.2, 0) is 19.5 Å². The monoisotopic (exact) mass is 322 g/mol. The zero-order chi connectivity index (χ0) is 15.6. The largest absolute Gasteiger partial charge is 0.349 e. The second-order valence-electron chi connectivity index (χ2n) is 5.43. The van der Waals surface area contributed by atoms with Gasteiger partial charge in [0, 0.05) is 6.54 Å². The summed E-state index contributed by atoms with van der Waals surface area (Å²) in [5.74, 6) is 0. The number of hydrogen-bond donors (Lipinski definition) is 0. The first-order valence-electron chi connectivity index (χ1n) is 7.38. The van der Waals surface area contributed by atoms with Gasteiger partial charge in [-0.1, -0.05) is 12.5 Å². The van der Waals surface area contributed by atoms with E-state index in [0.29, 0.717) is 25.3 Å². The maximum atomic E-state index is 12.9. The normalized spacial score (nSPS) is 24.2. The molecule has 0 amide bonds. The number of nitrogens with zero attached hydrogens (tertiary/aromatic N) is 2. The van der Waals surface area contributed by atoms with Crippen LogP contribution in [0.5, 0.6) is 0 Å². The Labute approximate surface area is 130 Å². The summed E-state index contributed by atoms with van der Waals surface area (Å²) in [5, 5.41) is 8.96. The maximum Gasteiger partial charge on any atom is 0.243 e. The highest BCUT2D eigenvalue weighted by Crippen LogP contribution is 2.30. The van der Waals surface area contributed by atoms with E-state index in [0.717, 1.165) is 19.3 Å². The van der Waals surface area contributed by atoms with Gasteiger partial charge >= 0.3 is 0 Å². The van der Waals surface area contributed by atoms with E-state index >= 15 is 0 Å². The Bertz CT molecular complexity index is 677. The molecule has 1 aromatic rings. The zero-order valence-electron chi connectivity index (χ0n) is 12.1. The third kappa shape index (κ3) is 2.88. The molecule has 2 fully saturated rings. The second kappa shape index (κ2) is 6.34. The third-order valence-corrected chi connectivity index (χ3v) is 5.95. The van der Waals surface area contributed by atoms with Gasteiger partial charge in [0.05, 0.1) is 35.8 Å². The Morgan fingerprint density at radius 3 is 2.73 bits per heavy atom. The van der Waals surface area contributed by atoms with Gasteiger partial charge in [0.15, 0.2) is 6.29 Å². The Balaban J connectivity index is 1.92. The molecule has 2 heterocycles. The number of rotatable bonds is 3. The van der Waals surface area contributed by atoms with E-state index in [2.05, 4.69) is 0 Å². The fraction of sp³-hybridized carbons (Fsp3) is 0.533. The van der Waals surface area contributed by atoms with Crippen LogP contribution in [0.25, 0.3) is 0 Å². The van der Waals surface area contributed by atoms with Gasteiger partial charge in [0.2, 0.25) is 10.0 Å². The lowest BCUT2D eigenvalue weighted by Gasteiger charge is -2.36. The molecule has 1 atom stereocenters. The summed E-state index contributed by atoms with van der Waals surface area (Å²) in [4.78, 5) is 0.149. The van der Waals surface area contributed by atoms with E-state index in [1.807, 2.05) is 6.07 Å². The molecule has 7 heteroatoms. The molecule has 2 saturated heterocycles. The van der Waals surface area contributed by atoms with Crippen molar-refractivity contribution in [3.8, 4) is 6.07 Å². The predicted octanol–water partition coefficient (Wildman–Crippen LogP) is 1.47. The molecular formula is C15H18N2O4S. The Morgan fingerprint density at radius 1 is 1.23 bits per heavy atom. The lowest BCUT2D eigenvalue weighted by Crippen LogP contribution is -2.50. The van der Waals surface area contributed by atoms with E-state index in [4.69, 9.17) is 14.7 Å². The molecular weight excluding hydrogens is 304 g/mol. The quantitative estimate of drug-likeness (QED) is 0.842. The van der Waals surface area contributed by atoms with Gasteiger partial charge in [0.25, 0.3) is 0 Å². The summed E-state index contributed by atoms with van der Waals surface area (Å²) in [5.41, 5.74) is 0.336. The van der Waals surface area contributed by atoms with Crippen molar-refractivity contribution in [2.75, 3.05) is 19.8 Å². The van der Waals surface area contributed by atoms with Crippen LogP contribution in [0.2, 0.25) is 0 Å². The maximum absolute atomic E-state index is 12.9. The molecule has 1 aromatic carbocycles. The van der Waals surface area contributed by atoms with Gasteiger partial charge in [0.1, 0.15) is 0 Å². The van der Waals surface area contributed by atoms with Crippen LogP contribution in [-0.4, -0.2) is 44.8 Å². The standard InChI is InChI=1S/C15H18N2O4S/c16-11-12-4-3-5-13(10-12)22(18,19)17-7-2-1-6-14(17)15-20-8-9-21-15/h3-5,10,14-15H,1-2,6-9H2/t14-/m0/s1. The minimum atomic E-state index is -3.66. The van der Waals surface area contributed by atoms with Crippen LogP contribution in [0.15, 0.2) is 29.2 Å². The van der Waals surface area contributed by atoms with Crippen LogP contribution in [0.4, 0.5) is 0 Å². The van der Waals surface area contributed by atoms with E-state index in [-0.39, 0.29) is 10.9 Å². The minimum Gasteiger partial charge on any atom is -0.349 e. The molecule has 0 aliphatic carbocycles. The van der Waals surface area contributed by atoms with Gasteiger partial charge in [-0.2, -0.15) is 9.57 Å². The first kappa shape index (κ1) is 15.4. The number of hydrogen-bond acceptors (Lipinski definition) is 5. The SMILES string of the molecule is N#Cc1cccc(S(=O)(=O)N2CCCC[C@H]2C2OCCO2)c1. The van der Waals surface area contributed by atoms with Crippen molar-refractivity contribution in [2.24, 2.45) is 0 Å². The zero-order valence-corrected chi connectivity index (χ0v) is 13.0. The lowest BCUT2D eigenvalue weighted by atomic mass is 10.0. The van der Waals surface area contributed by atoms with Crippen LogP contribution >= 0.6 is 0 Å². The number of benzene rings is 1. The Hall–Kier alpha value is -1.46. The molecule has 0 aromatic heterocycles. The van der Waals surface area contributed by atoms with E-state index < -0.39 is 16.3 Å². The van der Waals surface area contributed by atoms with E-state index in [9.17, 15) is 8.42 Å². The van der Waals surface area contributed by atoms with Gasteiger partial charge in [-0.15, -0.1) is 0 Å². The molecule has 3 rings (SSSR count). The average Bonchev–Trinajstić information content (AvgIpc) is 3.09. The van der Waals surface area contributed by atoms with Crippen molar-refractivity contribution >= 4 is 10.0 Å². The average molecular weight is 322 g/mol. The van der Waals surface area contributed by atoms with Crippen molar-refractivity contribution in [2.45, 2.75) is 36.5 Å². The molecule has 0 saturated carbocycles. The number of sulfonamides is 1. The van der Waals surface area contributed by atoms with E-state index in [1.54, 1.807) is 12.1 Å². The van der Waals surface area contributed by atoms with Gasteiger partial charge in [-0.3, -0.25) is 0 Å². The van der Waals surface area contributed by atoms with Crippen molar-refractivity contribution in [1.29, 1.82) is 5.26 Å². The molecule has 22 heavy (non-hydrogen) atoms. The van der Waals surface area contributed by atoms with Crippen LogP contribution < -0.4 is 0 Å². The molecule has 0 unspecified atom stereocenters. The highest BCUT2D eigenvalue weighted by atomic mass is 32.2. The summed E-state index contributed by atoms with van der Waals surface area (Å²) in [6, 6.07) is 7.80. The molecule has 0 bridgehead atoms. The van der Waals surface area contributed by atoms with Crippen molar-refractivity contribution in [3.63, 3.8) is 0 Å². The third-order valence-electron chi connectivity index (χ3n) is 4.03. The summed E-state index contributed by atoms with van der Waals surface area (Å²) in [6.45, 7) is 1.45. The summed E-state index contributed by atoms with van der Waals surface area (Å²) in [6.07, 6.45) is 2.01. The van der Waals surface area contributed by atoms with Crippen LogP contribution in [0.3, 0.4) is 0 Å². The number of piperidine rings is 1. The predicted molar refractivity (Wildman–Crippen MR) is 78.4 cm³/mol. The first-order valence-corrected chi connectivity index (χ1v) is 8.82. The molecule has 0 N–H and O–H groups in total. The van der Waals surface area contributed by atoms with Crippen molar-refractivity contribution in [1.82, 2.24) is 4.31 Å². The Morgan fingerprint density at radius 2 is 2.00 bits per heavy atom. The summed E-state index contributed by atoms with van der Waals surface area (Å²) >= 11 is 0. The number of ether oxygens (including phenoxy) is 2. The minimum absolute atomic E-state index is 0.149. The molecule has 0 radical (unpaired) electrons. The van der Waals surface area contributed by atoms with E-state index in [1.165, 1.54) is 16.4 Å². The van der Waals surface area contributed by atoms with Gasteiger partial charge in [-0.05, 0) is 31.0 Å². The highest BCUT2D eigenvalue weighted by molar-refractivity contribution is 7.89. The van der Waals surface area contributed by atoms with Crippen molar-refractivity contribution < 1.29 is 17.9 Å². The molecule has 6 nitrogen and oxygen atoms in total. The van der Waals surface area contributed by atoms with Gasteiger partial charge < -0.3 is 9.47 Å².